The maximum absolute atomic E-state index is 12.7. The number of hydrogen-bond donors (Lipinski definition) is 0. The van der Waals surface area contributed by atoms with E-state index in [4.69, 9.17) is 4.52 Å². The topological polar surface area (TPSA) is 79.5 Å². The van der Waals surface area contributed by atoms with E-state index in [1.807, 2.05) is 37.3 Å². The minimum Gasteiger partial charge on any atom is -0.338 e. The lowest BCUT2D eigenvalue weighted by Crippen LogP contribution is -2.48. The van der Waals surface area contributed by atoms with Crippen LogP contribution in [-0.2, 0) is 16.6 Å². The summed E-state index contributed by atoms with van der Waals surface area (Å²) in [6, 6.07) is 16.5. The van der Waals surface area contributed by atoms with E-state index in [9.17, 15) is 8.42 Å². The lowest BCUT2D eigenvalue weighted by molar-refractivity contribution is 0.163. The Morgan fingerprint density at radius 2 is 1.64 bits per heavy atom. The molecule has 1 fully saturated rings. The molecular formula is C20H22N4O3S. The summed E-state index contributed by atoms with van der Waals surface area (Å²) >= 11 is 0. The molecule has 0 saturated carbocycles. The zero-order valence-electron chi connectivity index (χ0n) is 15.7. The standard InChI is InChI=1S/C20H22N4O3S/c1-16-7-5-6-10-18(16)20-21-19(27-22-20)15-23-11-13-24(14-12-23)28(25,26)17-8-3-2-4-9-17/h2-10H,11-15H2,1H3. The number of benzene rings is 2. The number of rotatable bonds is 5. The van der Waals surface area contributed by atoms with Crippen molar-refractivity contribution < 1.29 is 12.9 Å². The third-order valence-corrected chi connectivity index (χ3v) is 6.84. The molecule has 7 nitrogen and oxygen atoms in total. The lowest BCUT2D eigenvalue weighted by Gasteiger charge is -2.33. The molecule has 0 atom stereocenters. The molecule has 2 heterocycles. The van der Waals surface area contributed by atoms with E-state index in [0.29, 0.717) is 49.3 Å². The summed E-state index contributed by atoms with van der Waals surface area (Å²) in [7, 11) is -3.44. The summed E-state index contributed by atoms with van der Waals surface area (Å²) in [5, 5.41) is 4.09. The summed E-state index contributed by atoms with van der Waals surface area (Å²) in [5.74, 6) is 1.12. The third-order valence-electron chi connectivity index (χ3n) is 4.93. The number of piperazine rings is 1. The van der Waals surface area contributed by atoms with Crippen LogP contribution < -0.4 is 0 Å². The quantitative estimate of drug-likeness (QED) is 0.657. The van der Waals surface area contributed by atoms with E-state index in [1.165, 1.54) is 4.31 Å². The van der Waals surface area contributed by atoms with Gasteiger partial charge in [-0.25, -0.2) is 8.42 Å². The van der Waals surface area contributed by atoms with Crippen molar-refractivity contribution in [1.29, 1.82) is 0 Å². The van der Waals surface area contributed by atoms with Crippen molar-refractivity contribution in [3.63, 3.8) is 0 Å². The van der Waals surface area contributed by atoms with Crippen LogP contribution in [-0.4, -0.2) is 53.9 Å². The van der Waals surface area contributed by atoms with Gasteiger partial charge in [0.25, 0.3) is 0 Å². The van der Waals surface area contributed by atoms with Gasteiger partial charge in [-0.15, -0.1) is 0 Å². The van der Waals surface area contributed by atoms with Crippen LogP contribution in [0.1, 0.15) is 11.5 Å². The molecule has 0 amide bonds. The Balaban J connectivity index is 1.38. The number of nitrogens with zero attached hydrogens (tertiary/aromatic N) is 4. The zero-order valence-corrected chi connectivity index (χ0v) is 16.5. The maximum atomic E-state index is 12.7. The van der Waals surface area contributed by atoms with Crippen molar-refractivity contribution >= 4 is 10.0 Å². The van der Waals surface area contributed by atoms with Crippen molar-refractivity contribution in [3.05, 3.63) is 66.1 Å². The van der Waals surface area contributed by atoms with Crippen LogP contribution >= 0.6 is 0 Å². The van der Waals surface area contributed by atoms with Crippen LogP contribution in [0.3, 0.4) is 0 Å². The van der Waals surface area contributed by atoms with E-state index < -0.39 is 10.0 Å². The molecule has 0 radical (unpaired) electrons. The summed E-state index contributed by atoms with van der Waals surface area (Å²) in [6.45, 7) is 4.64. The number of sulfonamides is 1. The Labute approximate surface area is 164 Å². The fourth-order valence-corrected chi connectivity index (χ4v) is 4.76. The van der Waals surface area contributed by atoms with Gasteiger partial charge in [0.15, 0.2) is 0 Å². The zero-order chi connectivity index (χ0) is 19.6. The first kappa shape index (κ1) is 18.8. The summed E-state index contributed by atoms with van der Waals surface area (Å²) < 4.78 is 32.4. The van der Waals surface area contributed by atoms with Crippen molar-refractivity contribution in [2.24, 2.45) is 0 Å². The van der Waals surface area contributed by atoms with E-state index >= 15 is 0 Å². The average molecular weight is 398 g/mol. The highest BCUT2D eigenvalue weighted by Gasteiger charge is 2.28. The van der Waals surface area contributed by atoms with Gasteiger partial charge >= 0.3 is 0 Å². The van der Waals surface area contributed by atoms with E-state index in [2.05, 4.69) is 15.0 Å². The van der Waals surface area contributed by atoms with Crippen LogP contribution in [0, 0.1) is 6.92 Å². The molecule has 3 aromatic rings. The molecule has 0 N–H and O–H groups in total. The molecular weight excluding hydrogens is 376 g/mol. The van der Waals surface area contributed by atoms with Crippen molar-refractivity contribution in [1.82, 2.24) is 19.3 Å². The lowest BCUT2D eigenvalue weighted by atomic mass is 10.1. The number of hydrogen-bond acceptors (Lipinski definition) is 6. The van der Waals surface area contributed by atoms with Gasteiger partial charge in [0, 0.05) is 31.7 Å². The van der Waals surface area contributed by atoms with Gasteiger partial charge in [0.05, 0.1) is 11.4 Å². The van der Waals surface area contributed by atoms with Crippen LogP contribution in [0.5, 0.6) is 0 Å². The molecule has 28 heavy (non-hydrogen) atoms. The average Bonchev–Trinajstić information content (AvgIpc) is 3.17. The fourth-order valence-electron chi connectivity index (χ4n) is 3.31. The highest BCUT2D eigenvalue weighted by atomic mass is 32.2. The Morgan fingerprint density at radius 3 is 2.36 bits per heavy atom. The van der Waals surface area contributed by atoms with Crippen molar-refractivity contribution in [3.8, 4) is 11.4 Å². The molecule has 0 unspecified atom stereocenters. The first-order valence-corrected chi connectivity index (χ1v) is 10.6. The summed E-state index contributed by atoms with van der Waals surface area (Å²) in [5.41, 5.74) is 2.05. The molecule has 2 aromatic carbocycles. The SMILES string of the molecule is Cc1ccccc1-c1noc(CN2CCN(S(=O)(=O)c3ccccc3)CC2)n1. The predicted molar refractivity (Wildman–Crippen MR) is 105 cm³/mol. The Morgan fingerprint density at radius 1 is 0.964 bits per heavy atom. The van der Waals surface area contributed by atoms with Gasteiger partial charge in [0.1, 0.15) is 0 Å². The molecule has 4 rings (SSSR count). The van der Waals surface area contributed by atoms with Crippen molar-refractivity contribution in [2.75, 3.05) is 26.2 Å². The normalized spacial score (nSPS) is 16.3. The first-order valence-electron chi connectivity index (χ1n) is 9.20. The molecule has 146 valence electrons. The molecule has 1 aliphatic heterocycles. The largest absolute Gasteiger partial charge is 0.338 e. The second-order valence-corrected chi connectivity index (χ2v) is 8.76. The molecule has 0 bridgehead atoms. The number of aryl methyl sites for hydroxylation is 1. The Kier molecular flexibility index (Phi) is 5.25. The summed E-state index contributed by atoms with van der Waals surface area (Å²) in [6.07, 6.45) is 0. The fraction of sp³-hybridized carbons (Fsp3) is 0.300. The van der Waals surface area contributed by atoms with Crippen LogP contribution in [0.2, 0.25) is 0 Å². The summed E-state index contributed by atoms with van der Waals surface area (Å²) in [4.78, 5) is 6.97. The molecule has 1 aromatic heterocycles. The molecule has 0 spiro atoms. The highest BCUT2D eigenvalue weighted by molar-refractivity contribution is 7.89. The minimum atomic E-state index is -3.44. The predicted octanol–water partition coefficient (Wildman–Crippen LogP) is 2.55. The van der Waals surface area contributed by atoms with Gasteiger partial charge < -0.3 is 4.52 Å². The van der Waals surface area contributed by atoms with Crippen molar-refractivity contribution in [2.45, 2.75) is 18.4 Å². The second-order valence-electron chi connectivity index (χ2n) is 6.82. The molecule has 1 aliphatic rings. The van der Waals surface area contributed by atoms with E-state index in [-0.39, 0.29) is 0 Å². The minimum absolute atomic E-state index is 0.336. The van der Waals surface area contributed by atoms with E-state index in [1.54, 1.807) is 24.3 Å². The molecule has 8 heteroatoms. The van der Waals surface area contributed by atoms with Crippen LogP contribution in [0.4, 0.5) is 0 Å². The van der Waals surface area contributed by atoms with E-state index in [0.717, 1.165) is 11.1 Å². The smallest absolute Gasteiger partial charge is 0.243 e. The van der Waals surface area contributed by atoms with Gasteiger partial charge in [-0.2, -0.15) is 9.29 Å². The maximum Gasteiger partial charge on any atom is 0.243 e. The Bertz CT molecular complexity index is 1040. The van der Waals surface area contributed by atoms with Gasteiger partial charge in [-0.05, 0) is 24.6 Å². The van der Waals surface area contributed by atoms with Gasteiger partial charge in [0.2, 0.25) is 21.7 Å². The Hall–Kier alpha value is -2.55. The third kappa shape index (κ3) is 3.84. The molecule has 1 saturated heterocycles. The number of aromatic nitrogens is 2. The second kappa shape index (κ2) is 7.83. The molecule has 0 aliphatic carbocycles. The van der Waals surface area contributed by atoms with Gasteiger partial charge in [-0.1, -0.05) is 47.6 Å². The van der Waals surface area contributed by atoms with Crippen LogP contribution in [0.15, 0.2) is 64.0 Å². The highest BCUT2D eigenvalue weighted by Crippen LogP contribution is 2.21. The first-order chi connectivity index (χ1) is 13.5. The monoisotopic (exact) mass is 398 g/mol. The van der Waals surface area contributed by atoms with Gasteiger partial charge in [-0.3, -0.25) is 4.90 Å². The van der Waals surface area contributed by atoms with Crippen LogP contribution in [0.25, 0.3) is 11.4 Å².